The number of aromatic nitrogens is 2. The fraction of sp³-hybridized carbons (Fsp3) is 0. The normalized spacial score (nSPS) is 16.2. The highest BCUT2D eigenvalue weighted by Crippen LogP contribution is 2.45. The van der Waals surface area contributed by atoms with Crippen LogP contribution in [0.2, 0.25) is 0 Å². The van der Waals surface area contributed by atoms with Crippen LogP contribution in [0.5, 0.6) is 0 Å². The maximum Gasteiger partial charge on any atom is 0.447 e. The van der Waals surface area contributed by atoms with Gasteiger partial charge in [0.15, 0.2) is 0 Å². The van der Waals surface area contributed by atoms with Gasteiger partial charge in [-0.25, -0.2) is 0 Å². The van der Waals surface area contributed by atoms with E-state index in [2.05, 4.69) is 25.7 Å². The van der Waals surface area contributed by atoms with Gasteiger partial charge in [0, 0.05) is 51.0 Å². The summed E-state index contributed by atoms with van der Waals surface area (Å²) in [5.74, 6) is -0.254. The summed E-state index contributed by atoms with van der Waals surface area (Å²) < 4.78 is 0. The van der Waals surface area contributed by atoms with Gasteiger partial charge in [-0.15, -0.1) is 0 Å². The Balaban J connectivity index is 1.26. The Morgan fingerprint density at radius 2 is 1.34 bits per heavy atom. The van der Waals surface area contributed by atoms with Gasteiger partial charge in [0.1, 0.15) is 5.76 Å². The molecule has 0 atom stereocenters. The highest BCUT2D eigenvalue weighted by atomic mass is 16.3. The third-order valence-corrected chi connectivity index (χ3v) is 8.62. The maximum absolute atomic E-state index is 14.1. The van der Waals surface area contributed by atoms with Crippen LogP contribution in [-0.4, -0.2) is 34.8 Å². The van der Waals surface area contributed by atoms with E-state index in [4.69, 9.17) is 4.90 Å². The van der Waals surface area contributed by atoms with Crippen LogP contribution in [0.15, 0.2) is 120 Å². The molecule has 4 heterocycles. The van der Waals surface area contributed by atoms with E-state index >= 15 is 0 Å². The molecule has 10 heteroatoms. The third-order valence-electron chi connectivity index (χ3n) is 8.62. The molecule has 9 rings (SSSR count). The molecule has 0 saturated carbocycles. The molecule has 206 valence electrons. The molecule has 2 aliphatic heterocycles. The fourth-order valence-corrected chi connectivity index (χ4v) is 6.59. The van der Waals surface area contributed by atoms with Crippen LogP contribution in [0.3, 0.4) is 0 Å². The van der Waals surface area contributed by atoms with Crippen molar-refractivity contribution in [1.29, 1.82) is 0 Å². The van der Waals surface area contributed by atoms with Crippen LogP contribution in [0, 0.1) is 0 Å². The van der Waals surface area contributed by atoms with Crippen molar-refractivity contribution < 1.29 is 9.90 Å². The molecule has 0 spiro atoms. The number of nitrogens with zero attached hydrogens (tertiary/aromatic N) is 3. The van der Waals surface area contributed by atoms with Crippen LogP contribution in [-0.2, 0) is 4.79 Å². The summed E-state index contributed by atoms with van der Waals surface area (Å²) in [5, 5.41) is 27.4. The van der Waals surface area contributed by atoms with E-state index in [1.807, 2.05) is 97.1 Å². The number of aliphatic hydroxyl groups is 1. The second-order valence-corrected chi connectivity index (χ2v) is 11.1. The molecule has 0 fully saturated rings. The van der Waals surface area contributed by atoms with E-state index in [1.54, 1.807) is 12.4 Å². The molecule has 0 bridgehead atoms. The molecule has 4 N–H and O–H groups in total. The van der Waals surface area contributed by atoms with Crippen molar-refractivity contribution in [2.24, 2.45) is 4.90 Å². The van der Waals surface area contributed by atoms with Crippen molar-refractivity contribution in [3.63, 3.8) is 0 Å². The van der Waals surface area contributed by atoms with Gasteiger partial charge in [-0.3, -0.25) is 14.8 Å². The van der Waals surface area contributed by atoms with E-state index in [9.17, 15) is 9.90 Å². The SMILES string of the molecule is O=C1C(c2ccc3cccc4c3c2NB(c2ccccn2)N4)=C(O)/C1=c1\ccc2cccc3c2c1=NB(c1ccccn1)N3. The first-order chi connectivity index (χ1) is 21.7. The Kier molecular flexibility index (Phi) is 5.22. The molecule has 8 nitrogen and oxygen atoms in total. The number of ketones is 1. The van der Waals surface area contributed by atoms with Gasteiger partial charge in [0.25, 0.3) is 0 Å². The van der Waals surface area contributed by atoms with Gasteiger partial charge in [0.2, 0.25) is 5.78 Å². The Morgan fingerprint density at radius 3 is 2.07 bits per heavy atom. The number of hydrogen-bond acceptors (Lipinski definition) is 8. The van der Waals surface area contributed by atoms with E-state index in [0.717, 1.165) is 49.8 Å². The van der Waals surface area contributed by atoms with Gasteiger partial charge in [-0.2, -0.15) is 0 Å². The maximum atomic E-state index is 14.1. The average molecular weight is 568 g/mol. The van der Waals surface area contributed by atoms with Crippen LogP contribution < -0.4 is 37.4 Å². The molecule has 0 unspecified atom stereocenters. The van der Waals surface area contributed by atoms with Gasteiger partial charge in [0.05, 0.1) is 27.7 Å². The lowest BCUT2D eigenvalue weighted by molar-refractivity contribution is -0.109. The minimum absolute atomic E-state index is 0.0333. The van der Waals surface area contributed by atoms with E-state index in [-0.39, 0.29) is 29.7 Å². The first-order valence-corrected chi connectivity index (χ1v) is 14.5. The number of carbonyl (C=O) groups is 1. The summed E-state index contributed by atoms with van der Waals surface area (Å²) >= 11 is 0. The number of aliphatic hydroxyl groups excluding tert-OH is 1. The number of pyridine rings is 2. The number of anilines is 3. The molecule has 0 radical (unpaired) electrons. The van der Waals surface area contributed by atoms with Crippen molar-refractivity contribution >= 4 is 80.7 Å². The Hall–Kier alpha value is -5.89. The minimum Gasteiger partial charge on any atom is -0.506 e. The van der Waals surface area contributed by atoms with E-state index < -0.39 is 6.98 Å². The molecular weight excluding hydrogens is 546 g/mol. The highest BCUT2D eigenvalue weighted by Gasteiger charge is 2.39. The lowest BCUT2D eigenvalue weighted by Gasteiger charge is -2.30. The van der Waals surface area contributed by atoms with Gasteiger partial charge < -0.3 is 25.7 Å². The molecule has 0 amide bonds. The molecule has 4 aromatic carbocycles. The quantitative estimate of drug-likeness (QED) is 0.243. The van der Waals surface area contributed by atoms with Crippen LogP contribution >= 0.6 is 0 Å². The summed E-state index contributed by atoms with van der Waals surface area (Å²) in [6.07, 6.45) is 3.50. The van der Waals surface area contributed by atoms with Crippen molar-refractivity contribution in [2.75, 3.05) is 15.7 Å². The largest absolute Gasteiger partial charge is 0.506 e. The first kappa shape index (κ1) is 24.7. The Labute approximate surface area is 252 Å². The van der Waals surface area contributed by atoms with Gasteiger partial charge in [-0.1, -0.05) is 60.7 Å². The predicted molar refractivity (Wildman–Crippen MR) is 177 cm³/mol. The average Bonchev–Trinajstić information content (AvgIpc) is 3.08. The Bertz CT molecular complexity index is 2360. The number of benzene rings is 4. The standard InChI is InChI=1S/C34H22B2N6O2/c43-33-29(21-15-13-19-7-5-9-23-27(19)31(21)41-35(39-23)25-11-1-3-17-37-25)34(44)30(33)22-16-14-20-8-6-10-24-28(20)32(22)42-36(40-24)26-12-2-4-18-38-26/h1-18,39-41,43H/b30-22-. The van der Waals surface area contributed by atoms with Gasteiger partial charge in [-0.05, 0) is 47.2 Å². The second-order valence-electron chi connectivity index (χ2n) is 11.1. The van der Waals surface area contributed by atoms with Gasteiger partial charge >= 0.3 is 14.0 Å². The Morgan fingerprint density at radius 1 is 0.636 bits per heavy atom. The molecule has 44 heavy (non-hydrogen) atoms. The number of carbonyl (C=O) groups excluding carboxylic acids is 1. The van der Waals surface area contributed by atoms with Crippen LogP contribution in [0.25, 0.3) is 32.7 Å². The summed E-state index contributed by atoms with van der Waals surface area (Å²) in [7, 11) is 0. The van der Waals surface area contributed by atoms with Crippen LogP contribution in [0.1, 0.15) is 5.56 Å². The first-order valence-electron chi connectivity index (χ1n) is 14.5. The van der Waals surface area contributed by atoms with E-state index in [0.29, 0.717) is 16.1 Å². The zero-order valence-corrected chi connectivity index (χ0v) is 23.2. The topological polar surface area (TPSA) is 112 Å². The number of nitrogens with one attached hydrogen (secondary N) is 3. The molecule has 0 saturated heterocycles. The predicted octanol–water partition coefficient (Wildman–Crippen LogP) is 3.16. The number of allylic oxidation sites excluding steroid dienone is 2. The zero-order chi connectivity index (χ0) is 29.4. The molecular formula is C34H22B2N6O2. The van der Waals surface area contributed by atoms with Crippen LogP contribution in [0.4, 0.5) is 17.1 Å². The molecule has 6 aromatic rings. The van der Waals surface area contributed by atoms with Crippen molar-refractivity contribution in [1.82, 2.24) is 9.97 Å². The molecule has 3 aliphatic rings. The van der Waals surface area contributed by atoms with Crippen molar-refractivity contribution in [3.05, 3.63) is 131 Å². The number of rotatable bonds is 3. The van der Waals surface area contributed by atoms with Crippen molar-refractivity contribution in [3.8, 4) is 0 Å². The minimum atomic E-state index is -0.430. The molecule has 1 aliphatic carbocycles. The zero-order valence-electron chi connectivity index (χ0n) is 23.2. The summed E-state index contributed by atoms with van der Waals surface area (Å²) in [4.78, 5) is 28.2. The lowest BCUT2D eigenvalue weighted by atomic mass is 9.68. The monoisotopic (exact) mass is 568 g/mol. The smallest absolute Gasteiger partial charge is 0.447 e. The van der Waals surface area contributed by atoms with Crippen molar-refractivity contribution in [2.45, 2.75) is 0 Å². The van der Waals surface area contributed by atoms with E-state index in [1.165, 1.54) is 0 Å². The summed E-state index contributed by atoms with van der Waals surface area (Å²) in [6, 6.07) is 31.3. The highest BCUT2D eigenvalue weighted by molar-refractivity contribution is 6.79. The third kappa shape index (κ3) is 3.54. The number of Topliss-reactive ketones (excluding diaryl/α,β-unsaturated/α-hetero) is 1. The fourth-order valence-electron chi connectivity index (χ4n) is 6.59. The summed E-state index contributed by atoms with van der Waals surface area (Å²) in [6.45, 7) is -0.740. The summed E-state index contributed by atoms with van der Waals surface area (Å²) in [5.41, 5.74) is 5.42. The lowest BCUT2D eigenvalue weighted by Crippen LogP contribution is -2.49. The molecule has 2 aromatic heterocycles. The number of hydrogen-bond donors (Lipinski definition) is 4. The second kappa shape index (κ2) is 9.31.